The quantitative estimate of drug-likeness (QED) is 0.514. The lowest BCUT2D eigenvalue weighted by Gasteiger charge is -2.14. The number of anilines is 1. The number of nitrogens with one attached hydrogen (secondary N) is 1. The van der Waals surface area contributed by atoms with E-state index in [1.165, 1.54) is 5.38 Å². The third-order valence-corrected chi connectivity index (χ3v) is 4.84. The van der Waals surface area contributed by atoms with E-state index in [0.29, 0.717) is 22.8 Å². The lowest BCUT2D eigenvalue weighted by Crippen LogP contribution is -2.15. The average molecular weight is 434 g/mol. The van der Waals surface area contributed by atoms with Gasteiger partial charge in [0.2, 0.25) is 6.43 Å². The molecule has 4 nitrogen and oxygen atoms in total. The molecule has 12 heteroatoms. The summed E-state index contributed by atoms with van der Waals surface area (Å²) in [6.45, 7) is 0.122. The van der Waals surface area contributed by atoms with Crippen LogP contribution >= 0.6 is 35.5 Å². The lowest BCUT2D eigenvalue weighted by molar-refractivity contribution is -0.137. The Balaban J connectivity index is 0.00000338. The molecule has 2 rings (SSSR count). The molecule has 3 N–H and O–H groups in total. The molecule has 0 unspecified atom stereocenters. The van der Waals surface area contributed by atoms with Crippen LogP contribution in [0.4, 0.5) is 27.6 Å². The summed E-state index contributed by atoms with van der Waals surface area (Å²) in [6.07, 6.45) is -7.26. The monoisotopic (exact) mass is 433 g/mol. The number of alkyl halides is 5. The molecule has 144 valence electrons. The Hall–Kier alpha value is -1.43. The maximum absolute atomic E-state index is 12.9. The number of nitrogens with zero attached hydrogens (tertiary/aromatic N) is 1. The SMILES string of the molecule is Cl.NCc1nc(C(=O)Nc2cc(C(F)(F)F)ccc2SCC(F)F)cs1. The summed E-state index contributed by atoms with van der Waals surface area (Å²) in [6, 6.07) is 2.54. The van der Waals surface area contributed by atoms with Gasteiger partial charge in [0, 0.05) is 16.8 Å². The normalized spacial score (nSPS) is 11.3. The molecule has 2 aromatic rings. The van der Waals surface area contributed by atoms with Crippen molar-refractivity contribution in [3.63, 3.8) is 0 Å². The molecule has 0 aliphatic heterocycles. The molecular weight excluding hydrogens is 421 g/mol. The van der Waals surface area contributed by atoms with Crippen molar-refractivity contribution >= 4 is 47.1 Å². The molecular formula is C14H13ClF5N3OS2. The Labute approximate surface area is 159 Å². The predicted molar refractivity (Wildman–Crippen MR) is 93.4 cm³/mol. The summed E-state index contributed by atoms with van der Waals surface area (Å²) in [5, 5.41) is 4.20. The first-order valence-corrected chi connectivity index (χ1v) is 8.65. The third-order valence-electron chi connectivity index (χ3n) is 2.88. The van der Waals surface area contributed by atoms with Gasteiger partial charge in [0.15, 0.2) is 0 Å². The molecule has 0 aliphatic rings. The van der Waals surface area contributed by atoms with E-state index in [4.69, 9.17) is 5.73 Å². The van der Waals surface area contributed by atoms with Gasteiger partial charge >= 0.3 is 6.18 Å². The van der Waals surface area contributed by atoms with Gasteiger partial charge in [-0.2, -0.15) is 13.2 Å². The van der Waals surface area contributed by atoms with Gasteiger partial charge in [0.25, 0.3) is 5.91 Å². The highest BCUT2D eigenvalue weighted by atomic mass is 35.5. The standard InChI is InChI=1S/C14H12F5N3OS2.ClH/c15-11(16)6-24-10-2-1-7(14(17,18)19)3-8(10)22-13(23)9-5-25-12(4-20)21-9;/h1-3,5,11H,4,6,20H2,(H,22,23);1H. The van der Waals surface area contributed by atoms with Crippen LogP contribution in [0.1, 0.15) is 21.1 Å². The van der Waals surface area contributed by atoms with E-state index < -0.39 is 29.8 Å². The molecule has 1 heterocycles. The predicted octanol–water partition coefficient (Wildman–Crippen LogP) is 4.65. The van der Waals surface area contributed by atoms with Crippen molar-refractivity contribution in [1.82, 2.24) is 4.98 Å². The number of carbonyl (C=O) groups excluding carboxylic acids is 1. The Morgan fingerprint density at radius 3 is 2.58 bits per heavy atom. The van der Waals surface area contributed by atoms with Gasteiger partial charge in [-0.25, -0.2) is 13.8 Å². The van der Waals surface area contributed by atoms with Crippen LogP contribution in [0, 0.1) is 0 Å². The zero-order valence-electron chi connectivity index (χ0n) is 12.8. The van der Waals surface area contributed by atoms with Gasteiger partial charge in [-0.05, 0) is 18.2 Å². The zero-order chi connectivity index (χ0) is 18.6. The van der Waals surface area contributed by atoms with E-state index >= 15 is 0 Å². The summed E-state index contributed by atoms with van der Waals surface area (Å²) in [5.74, 6) is -1.35. The van der Waals surface area contributed by atoms with Gasteiger partial charge in [-0.15, -0.1) is 35.5 Å². The number of carbonyl (C=O) groups is 1. The second-order valence-corrected chi connectivity index (χ2v) is 6.70. The minimum absolute atomic E-state index is 0. The smallest absolute Gasteiger partial charge is 0.325 e. The Morgan fingerprint density at radius 2 is 2.04 bits per heavy atom. The van der Waals surface area contributed by atoms with Crippen molar-refractivity contribution < 1.29 is 26.7 Å². The number of halogens is 6. The Kier molecular flexibility index (Phi) is 8.25. The maximum Gasteiger partial charge on any atom is 0.416 e. The number of aromatic nitrogens is 1. The highest BCUT2D eigenvalue weighted by molar-refractivity contribution is 7.99. The molecule has 0 atom stereocenters. The first kappa shape index (κ1) is 22.6. The van der Waals surface area contributed by atoms with Crippen LogP contribution in [0.5, 0.6) is 0 Å². The number of hydrogen-bond donors (Lipinski definition) is 2. The highest BCUT2D eigenvalue weighted by Crippen LogP contribution is 2.36. The van der Waals surface area contributed by atoms with Gasteiger partial charge in [0.05, 0.1) is 17.0 Å². The van der Waals surface area contributed by atoms with Gasteiger partial charge < -0.3 is 11.1 Å². The molecule has 0 fully saturated rings. The Bertz CT molecular complexity index is 754. The summed E-state index contributed by atoms with van der Waals surface area (Å²) >= 11 is 1.78. The summed E-state index contributed by atoms with van der Waals surface area (Å²) < 4.78 is 63.3. The van der Waals surface area contributed by atoms with Crippen molar-refractivity contribution in [2.24, 2.45) is 5.73 Å². The fourth-order valence-electron chi connectivity index (χ4n) is 1.78. The number of amides is 1. The summed E-state index contributed by atoms with van der Waals surface area (Å²) in [7, 11) is 0. The zero-order valence-corrected chi connectivity index (χ0v) is 15.3. The van der Waals surface area contributed by atoms with Gasteiger partial charge in [-0.1, -0.05) is 0 Å². The minimum Gasteiger partial charge on any atom is -0.325 e. The van der Waals surface area contributed by atoms with E-state index in [1.807, 2.05) is 0 Å². The van der Waals surface area contributed by atoms with Crippen molar-refractivity contribution in [3.8, 4) is 0 Å². The highest BCUT2D eigenvalue weighted by Gasteiger charge is 2.31. The molecule has 1 aromatic heterocycles. The lowest BCUT2D eigenvalue weighted by atomic mass is 10.2. The van der Waals surface area contributed by atoms with E-state index in [-0.39, 0.29) is 35.2 Å². The minimum atomic E-state index is -4.63. The molecule has 0 saturated heterocycles. The van der Waals surface area contributed by atoms with E-state index in [1.54, 1.807) is 0 Å². The van der Waals surface area contributed by atoms with Crippen LogP contribution in [-0.4, -0.2) is 23.1 Å². The number of benzene rings is 1. The topological polar surface area (TPSA) is 68.0 Å². The van der Waals surface area contributed by atoms with Crippen molar-refractivity contribution in [2.75, 3.05) is 11.1 Å². The molecule has 0 aliphatic carbocycles. The molecule has 0 radical (unpaired) electrons. The maximum atomic E-state index is 12.9. The first-order chi connectivity index (χ1) is 11.7. The second-order valence-electron chi connectivity index (χ2n) is 4.70. The fourth-order valence-corrected chi connectivity index (χ4v) is 3.17. The first-order valence-electron chi connectivity index (χ1n) is 6.78. The molecule has 26 heavy (non-hydrogen) atoms. The molecule has 0 spiro atoms. The molecule has 1 amide bonds. The molecule has 0 bridgehead atoms. The number of nitrogens with two attached hydrogens (primary N) is 1. The number of thioether (sulfide) groups is 1. The largest absolute Gasteiger partial charge is 0.416 e. The second kappa shape index (κ2) is 9.49. The van der Waals surface area contributed by atoms with E-state index in [2.05, 4.69) is 10.3 Å². The fraction of sp³-hybridized carbons (Fsp3) is 0.286. The number of rotatable bonds is 6. The van der Waals surface area contributed by atoms with Crippen LogP contribution in [0.3, 0.4) is 0 Å². The van der Waals surface area contributed by atoms with Crippen LogP contribution in [0.25, 0.3) is 0 Å². The molecule has 1 aromatic carbocycles. The average Bonchev–Trinajstić information content (AvgIpc) is 3.01. The van der Waals surface area contributed by atoms with Crippen LogP contribution in [0.15, 0.2) is 28.5 Å². The number of hydrogen-bond acceptors (Lipinski definition) is 5. The van der Waals surface area contributed by atoms with E-state index in [0.717, 1.165) is 23.5 Å². The van der Waals surface area contributed by atoms with Crippen molar-refractivity contribution in [3.05, 3.63) is 39.8 Å². The van der Waals surface area contributed by atoms with Crippen LogP contribution in [-0.2, 0) is 12.7 Å². The molecule has 0 saturated carbocycles. The van der Waals surface area contributed by atoms with Crippen molar-refractivity contribution in [1.29, 1.82) is 0 Å². The van der Waals surface area contributed by atoms with Gasteiger partial charge in [0.1, 0.15) is 10.7 Å². The van der Waals surface area contributed by atoms with Crippen molar-refractivity contribution in [2.45, 2.75) is 24.0 Å². The third kappa shape index (κ3) is 6.08. The van der Waals surface area contributed by atoms with Gasteiger partial charge in [-0.3, -0.25) is 4.79 Å². The summed E-state index contributed by atoms with van der Waals surface area (Å²) in [5.41, 5.74) is 4.19. The van der Waals surface area contributed by atoms with E-state index in [9.17, 15) is 26.7 Å². The van der Waals surface area contributed by atoms with Crippen LogP contribution < -0.4 is 11.1 Å². The van der Waals surface area contributed by atoms with Crippen LogP contribution in [0.2, 0.25) is 0 Å². The summed E-state index contributed by atoms with van der Waals surface area (Å²) in [4.78, 5) is 16.2. The number of thiazole rings is 1. The Morgan fingerprint density at radius 1 is 1.35 bits per heavy atom.